The molecular weight excluding hydrogens is 320 g/mol. The predicted octanol–water partition coefficient (Wildman–Crippen LogP) is 4.30. The van der Waals surface area contributed by atoms with Crippen molar-refractivity contribution in [2.45, 2.75) is 33.7 Å². The average molecular weight is 339 g/mol. The molecule has 3 N–H and O–H groups in total. The molecule has 1 unspecified atom stereocenters. The van der Waals surface area contributed by atoms with Gasteiger partial charge in [0.1, 0.15) is 0 Å². The Hall–Kier alpha value is -0.680. The molecule has 1 atom stereocenters. The minimum absolute atomic E-state index is 0.0503. The normalized spacial score (nSPS) is 12.7. The zero-order valence-corrected chi connectivity index (χ0v) is 14.1. The molecule has 0 radical (unpaired) electrons. The summed E-state index contributed by atoms with van der Waals surface area (Å²) in [7, 11) is 0. The van der Waals surface area contributed by atoms with E-state index in [1.807, 2.05) is 0 Å². The summed E-state index contributed by atoms with van der Waals surface area (Å²) < 4.78 is 1.17. The molecule has 2 rings (SSSR count). The maximum Gasteiger partial charge on any atom is 0.0805 e. The fraction of sp³-hybridized carbons (Fsp3) is 0.333. The molecule has 2 aromatic rings. The van der Waals surface area contributed by atoms with Crippen LogP contribution in [0.25, 0.3) is 0 Å². The number of aryl methyl sites for hydroxylation is 4. The van der Waals surface area contributed by atoms with Crippen LogP contribution in [0.1, 0.15) is 38.7 Å². The summed E-state index contributed by atoms with van der Waals surface area (Å²) in [6.45, 7) is 8.52. The van der Waals surface area contributed by atoms with Crippen molar-refractivity contribution >= 4 is 27.3 Å². The lowest BCUT2D eigenvalue weighted by Crippen LogP contribution is -2.28. The first kappa shape index (κ1) is 14.7. The van der Waals surface area contributed by atoms with E-state index in [0.717, 1.165) is 0 Å². The van der Waals surface area contributed by atoms with Crippen LogP contribution in [0.2, 0.25) is 0 Å². The lowest BCUT2D eigenvalue weighted by atomic mass is 9.95. The molecule has 0 aliphatic heterocycles. The van der Waals surface area contributed by atoms with Gasteiger partial charge in [0.15, 0.2) is 0 Å². The third kappa shape index (κ3) is 2.92. The summed E-state index contributed by atoms with van der Waals surface area (Å²) in [5.74, 6) is 5.79. The number of nitrogens with one attached hydrogen (secondary N) is 1. The number of nitrogens with two attached hydrogens (primary N) is 1. The molecule has 1 aromatic carbocycles. The van der Waals surface area contributed by atoms with Crippen molar-refractivity contribution in [3.8, 4) is 0 Å². The van der Waals surface area contributed by atoms with E-state index in [4.69, 9.17) is 5.84 Å². The zero-order chi connectivity index (χ0) is 14.2. The van der Waals surface area contributed by atoms with Gasteiger partial charge in [0.05, 0.1) is 9.83 Å². The van der Waals surface area contributed by atoms with Crippen molar-refractivity contribution in [1.82, 2.24) is 5.43 Å². The van der Waals surface area contributed by atoms with Crippen LogP contribution in [0.5, 0.6) is 0 Å². The van der Waals surface area contributed by atoms with E-state index in [0.29, 0.717) is 0 Å². The molecule has 1 heterocycles. The Balaban J connectivity index is 2.50. The first-order chi connectivity index (χ1) is 8.93. The Morgan fingerprint density at radius 3 is 2.16 bits per heavy atom. The first-order valence-corrected chi connectivity index (χ1v) is 7.84. The summed E-state index contributed by atoms with van der Waals surface area (Å²) in [6.07, 6.45) is 0. The average Bonchev–Trinajstić information content (AvgIpc) is 2.67. The molecule has 0 spiro atoms. The van der Waals surface area contributed by atoms with Crippen molar-refractivity contribution < 1.29 is 0 Å². The van der Waals surface area contributed by atoms with Crippen molar-refractivity contribution in [3.05, 3.63) is 54.7 Å². The zero-order valence-electron chi connectivity index (χ0n) is 11.7. The fourth-order valence-corrected chi connectivity index (χ4v) is 3.90. The summed E-state index contributed by atoms with van der Waals surface area (Å²) in [5, 5.41) is 0. The highest BCUT2D eigenvalue weighted by Gasteiger charge is 2.18. The van der Waals surface area contributed by atoms with Crippen LogP contribution in [0.15, 0.2) is 22.0 Å². The second kappa shape index (κ2) is 5.75. The summed E-state index contributed by atoms with van der Waals surface area (Å²) in [4.78, 5) is 1.23. The summed E-state index contributed by atoms with van der Waals surface area (Å²) in [5.41, 5.74) is 9.34. The van der Waals surface area contributed by atoms with Crippen LogP contribution in [-0.2, 0) is 0 Å². The molecule has 0 bridgehead atoms. The number of halogens is 1. The van der Waals surface area contributed by atoms with Crippen LogP contribution in [0, 0.1) is 27.7 Å². The molecule has 0 saturated heterocycles. The van der Waals surface area contributed by atoms with Crippen molar-refractivity contribution in [1.29, 1.82) is 0 Å². The fourth-order valence-electron chi connectivity index (χ4n) is 2.24. The van der Waals surface area contributed by atoms with Crippen LogP contribution < -0.4 is 11.3 Å². The molecule has 102 valence electrons. The van der Waals surface area contributed by atoms with E-state index in [9.17, 15) is 0 Å². The highest BCUT2D eigenvalue weighted by Crippen LogP contribution is 2.35. The second-order valence-electron chi connectivity index (χ2n) is 5.00. The monoisotopic (exact) mass is 338 g/mol. The maximum absolute atomic E-state index is 5.79. The topological polar surface area (TPSA) is 38.0 Å². The molecule has 1 aromatic heterocycles. The Morgan fingerprint density at radius 1 is 1.00 bits per heavy atom. The highest BCUT2D eigenvalue weighted by molar-refractivity contribution is 9.11. The second-order valence-corrected chi connectivity index (χ2v) is 7.40. The summed E-state index contributed by atoms with van der Waals surface area (Å²) >= 11 is 5.32. The number of hydrogen-bond donors (Lipinski definition) is 2. The lowest BCUT2D eigenvalue weighted by molar-refractivity contribution is 0.642. The van der Waals surface area contributed by atoms with Crippen molar-refractivity contribution in [2.75, 3.05) is 0 Å². The van der Waals surface area contributed by atoms with Gasteiger partial charge in [-0.1, -0.05) is 12.1 Å². The predicted molar refractivity (Wildman–Crippen MR) is 86.6 cm³/mol. The molecule has 0 amide bonds. The van der Waals surface area contributed by atoms with Gasteiger partial charge in [-0.2, -0.15) is 0 Å². The molecule has 0 fully saturated rings. The SMILES string of the molecule is Cc1cc(C)c(C(NN)c2cc(C)c(Br)s2)cc1C. The maximum atomic E-state index is 5.79. The van der Waals surface area contributed by atoms with E-state index in [1.165, 1.54) is 36.5 Å². The van der Waals surface area contributed by atoms with E-state index >= 15 is 0 Å². The third-order valence-electron chi connectivity index (χ3n) is 3.52. The number of thiophene rings is 1. The van der Waals surface area contributed by atoms with Crippen LogP contribution in [0.3, 0.4) is 0 Å². The molecule has 19 heavy (non-hydrogen) atoms. The molecule has 4 heteroatoms. The Bertz CT molecular complexity index is 585. The van der Waals surface area contributed by atoms with Gasteiger partial charge < -0.3 is 0 Å². The molecule has 2 nitrogen and oxygen atoms in total. The van der Waals surface area contributed by atoms with Crippen LogP contribution in [-0.4, -0.2) is 0 Å². The number of hydrogen-bond acceptors (Lipinski definition) is 3. The molecular formula is C15H19BrN2S. The molecule has 0 aliphatic carbocycles. The number of hydrazine groups is 1. The van der Waals surface area contributed by atoms with Crippen LogP contribution in [0.4, 0.5) is 0 Å². The molecule has 0 saturated carbocycles. The van der Waals surface area contributed by atoms with Crippen LogP contribution >= 0.6 is 27.3 Å². The van der Waals surface area contributed by atoms with E-state index in [1.54, 1.807) is 11.3 Å². The smallest absolute Gasteiger partial charge is 0.0805 e. The van der Waals surface area contributed by atoms with Gasteiger partial charge in [0, 0.05) is 4.88 Å². The van der Waals surface area contributed by atoms with E-state index in [2.05, 4.69) is 67.2 Å². The number of benzene rings is 1. The van der Waals surface area contributed by atoms with Gasteiger partial charge in [0.25, 0.3) is 0 Å². The lowest BCUT2D eigenvalue weighted by Gasteiger charge is -2.19. The Labute approximate surface area is 127 Å². The number of rotatable bonds is 3. The largest absolute Gasteiger partial charge is 0.271 e. The molecule has 0 aliphatic rings. The standard InChI is InChI=1S/C15H19BrN2S/c1-8-5-10(3)12(6-9(8)2)14(18-17)13-7-11(4)15(16)19-13/h5-7,14,18H,17H2,1-4H3. The Morgan fingerprint density at radius 2 is 1.63 bits per heavy atom. The minimum Gasteiger partial charge on any atom is -0.271 e. The van der Waals surface area contributed by atoms with Gasteiger partial charge in [-0.25, -0.2) is 5.43 Å². The van der Waals surface area contributed by atoms with Gasteiger partial charge >= 0.3 is 0 Å². The van der Waals surface area contributed by atoms with Gasteiger partial charge in [0.2, 0.25) is 0 Å². The minimum atomic E-state index is 0.0503. The summed E-state index contributed by atoms with van der Waals surface area (Å²) in [6, 6.07) is 6.70. The van der Waals surface area contributed by atoms with Crippen molar-refractivity contribution in [2.24, 2.45) is 5.84 Å². The quantitative estimate of drug-likeness (QED) is 0.646. The van der Waals surface area contributed by atoms with E-state index in [-0.39, 0.29) is 6.04 Å². The third-order valence-corrected chi connectivity index (χ3v) is 5.72. The van der Waals surface area contributed by atoms with E-state index < -0.39 is 0 Å². The van der Waals surface area contributed by atoms with Gasteiger partial charge in [-0.3, -0.25) is 5.84 Å². The van der Waals surface area contributed by atoms with Gasteiger partial charge in [-0.15, -0.1) is 11.3 Å². The highest BCUT2D eigenvalue weighted by atomic mass is 79.9. The van der Waals surface area contributed by atoms with Gasteiger partial charge in [-0.05, 0) is 77.5 Å². The Kier molecular flexibility index (Phi) is 4.46. The first-order valence-electron chi connectivity index (χ1n) is 6.23. The van der Waals surface area contributed by atoms with Crippen molar-refractivity contribution in [3.63, 3.8) is 0 Å².